The van der Waals surface area contributed by atoms with Crippen molar-refractivity contribution in [3.63, 3.8) is 0 Å². The Bertz CT molecular complexity index is 1200. The highest BCUT2D eigenvalue weighted by molar-refractivity contribution is 5.60. The van der Waals surface area contributed by atoms with Crippen molar-refractivity contribution in [2.24, 2.45) is 0 Å². The predicted octanol–water partition coefficient (Wildman–Crippen LogP) is 7.34. The van der Waals surface area contributed by atoms with Crippen molar-refractivity contribution in [2.75, 3.05) is 0 Å². The summed E-state index contributed by atoms with van der Waals surface area (Å²) in [7, 11) is 0. The van der Waals surface area contributed by atoms with Crippen LogP contribution in [0.5, 0.6) is 0 Å². The average molecular weight is 512 g/mol. The molecule has 0 amide bonds. The van der Waals surface area contributed by atoms with Crippen LogP contribution in [-0.4, -0.2) is 17.8 Å². The van der Waals surface area contributed by atoms with Gasteiger partial charge in [0.05, 0.1) is 22.3 Å². The van der Waals surface area contributed by atoms with Crippen molar-refractivity contribution in [3.05, 3.63) is 81.9 Å². The lowest BCUT2D eigenvalue weighted by molar-refractivity contribution is -0.263. The van der Waals surface area contributed by atoms with Gasteiger partial charge in [-0.25, -0.2) is 0 Å². The van der Waals surface area contributed by atoms with Gasteiger partial charge in [-0.2, -0.15) is 52.7 Å². The van der Waals surface area contributed by atoms with Crippen LogP contribution in [0.2, 0.25) is 0 Å². The second kappa shape index (κ2) is 8.29. The highest BCUT2D eigenvalue weighted by Gasteiger charge is 2.80. The van der Waals surface area contributed by atoms with Gasteiger partial charge in [0.1, 0.15) is 0 Å². The first kappa shape index (κ1) is 26.1. The van der Waals surface area contributed by atoms with Crippen molar-refractivity contribution >= 4 is 0 Å². The Labute approximate surface area is 189 Å². The quantitative estimate of drug-likeness (QED) is 0.256. The maximum atomic E-state index is 14.3. The van der Waals surface area contributed by atoms with Gasteiger partial charge in [0.25, 0.3) is 0 Å². The van der Waals surface area contributed by atoms with Gasteiger partial charge in [0.15, 0.2) is 0 Å². The normalized spacial score (nSPS) is 18.4. The molecule has 1 aliphatic carbocycles. The van der Waals surface area contributed by atoms with Gasteiger partial charge >= 0.3 is 30.1 Å². The summed E-state index contributed by atoms with van der Waals surface area (Å²) in [6, 6.07) is 5.39. The van der Waals surface area contributed by atoms with Gasteiger partial charge in [0.2, 0.25) is 0 Å². The molecule has 184 valence electrons. The Hall–Kier alpha value is -3.54. The summed E-state index contributed by atoms with van der Waals surface area (Å²) in [6.07, 6.45) is -9.73. The van der Waals surface area contributed by atoms with Gasteiger partial charge < -0.3 is 0 Å². The molecule has 0 nitrogen and oxygen atoms in total. The molecule has 0 radical (unpaired) electrons. The van der Waals surface area contributed by atoms with Crippen LogP contribution in [0.1, 0.15) is 22.3 Å². The smallest absolute Gasteiger partial charge is 0.193 e. The Balaban J connectivity index is 2.17. The summed E-state index contributed by atoms with van der Waals surface area (Å²) >= 11 is 0. The molecule has 0 aromatic heterocycles. The van der Waals surface area contributed by atoms with Crippen molar-refractivity contribution < 1.29 is 52.7 Å². The Morgan fingerprint density at radius 3 is 1.17 bits per heavy atom. The molecule has 0 bridgehead atoms. The van der Waals surface area contributed by atoms with Gasteiger partial charge in [-0.15, -0.1) is 0 Å². The Morgan fingerprint density at radius 1 is 0.514 bits per heavy atom. The minimum atomic E-state index is -6.02. The van der Waals surface area contributed by atoms with Crippen LogP contribution in [0, 0.1) is 23.7 Å². The number of allylic oxidation sites excluding steroid dienone is 2. The lowest BCUT2D eigenvalue weighted by Crippen LogP contribution is -2.49. The van der Waals surface area contributed by atoms with Crippen molar-refractivity contribution in [3.8, 4) is 23.7 Å². The molecular weight excluding hydrogens is 504 g/mol. The SMILES string of the molecule is FC(F)(F)c1cccc(C#CC2=C(C#Cc3cccc(C(F)(F)F)c3)C(F)(F)C(F)(F)C2(F)F)c1. The molecule has 0 N–H and O–H groups in total. The molecule has 0 unspecified atom stereocenters. The highest BCUT2D eigenvalue weighted by atomic mass is 19.4. The van der Waals surface area contributed by atoms with E-state index >= 15 is 0 Å². The molecule has 2 aromatic rings. The molecule has 0 atom stereocenters. The van der Waals surface area contributed by atoms with Crippen LogP contribution in [-0.2, 0) is 12.4 Å². The number of alkyl halides is 12. The number of halogens is 12. The molecule has 0 saturated carbocycles. The lowest BCUT2D eigenvalue weighted by Gasteiger charge is -2.24. The third kappa shape index (κ3) is 4.70. The summed E-state index contributed by atoms with van der Waals surface area (Å²) in [5.41, 5.74) is -8.07. The molecule has 12 heteroatoms. The number of rotatable bonds is 0. The first-order valence-corrected chi connectivity index (χ1v) is 9.16. The topological polar surface area (TPSA) is 0 Å². The molecule has 0 fully saturated rings. The van der Waals surface area contributed by atoms with Crippen molar-refractivity contribution in [1.29, 1.82) is 0 Å². The van der Waals surface area contributed by atoms with E-state index in [4.69, 9.17) is 0 Å². The second-order valence-corrected chi connectivity index (χ2v) is 7.13. The Morgan fingerprint density at radius 2 is 0.857 bits per heavy atom. The standard InChI is InChI=1S/C23H8F12/c24-19(25)17(9-7-13-3-1-5-15(11-13)21(28,29)30)18(20(26,27)23(19,34)35)10-8-14-4-2-6-16(12-14)22(31,32)33/h1-6,11-12H. The van der Waals surface area contributed by atoms with Crippen LogP contribution in [0.25, 0.3) is 0 Å². The molecule has 35 heavy (non-hydrogen) atoms. The number of hydrogen-bond donors (Lipinski definition) is 0. The zero-order chi connectivity index (χ0) is 26.4. The fraction of sp³-hybridized carbons (Fsp3) is 0.217. The average Bonchev–Trinajstić information content (AvgIpc) is 2.83. The monoisotopic (exact) mass is 512 g/mol. The molecule has 0 saturated heterocycles. The van der Waals surface area contributed by atoms with Crippen molar-refractivity contribution in [2.45, 2.75) is 30.1 Å². The third-order valence-corrected chi connectivity index (χ3v) is 4.71. The van der Waals surface area contributed by atoms with E-state index in [0.29, 0.717) is 24.3 Å². The zero-order valence-electron chi connectivity index (χ0n) is 16.7. The Kier molecular flexibility index (Phi) is 6.18. The van der Waals surface area contributed by atoms with Gasteiger partial charge in [-0.3, -0.25) is 0 Å². The summed E-state index contributed by atoms with van der Waals surface area (Å²) in [5, 5.41) is 0. The summed E-state index contributed by atoms with van der Waals surface area (Å²) in [5.74, 6) is -11.0. The molecular formula is C23H8F12. The molecule has 3 rings (SSSR count). The molecule has 0 spiro atoms. The lowest BCUT2D eigenvalue weighted by atomic mass is 10.1. The van der Waals surface area contributed by atoms with Crippen LogP contribution >= 0.6 is 0 Å². The van der Waals surface area contributed by atoms with E-state index in [-0.39, 0.29) is 0 Å². The molecule has 0 heterocycles. The molecule has 0 aliphatic heterocycles. The maximum Gasteiger partial charge on any atom is 0.416 e. The fourth-order valence-electron chi connectivity index (χ4n) is 2.92. The van der Waals surface area contributed by atoms with Gasteiger partial charge in [0, 0.05) is 11.1 Å². The van der Waals surface area contributed by atoms with E-state index in [1.165, 1.54) is 11.8 Å². The van der Waals surface area contributed by atoms with Crippen LogP contribution < -0.4 is 0 Å². The largest absolute Gasteiger partial charge is 0.416 e. The van der Waals surface area contributed by atoms with E-state index in [2.05, 4.69) is 0 Å². The van der Waals surface area contributed by atoms with Crippen LogP contribution in [0.3, 0.4) is 0 Å². The summed E-state index contributed by atoms with van der Waals surface area (Å²) < 4.78 is 162. The third-order valence-electron chi connectivity index (χ3n) is 4.71. The van der Waals surface area contributed by atoms with E-state index in [0.717, 1.165) is 24.3 Å². The molecule has 2 aromatic carbocycles. The van der Waals surface area contributed by atoms with E-state index in [1.54, 1.807) is 11.8 Å². The van der Waals surface area contributed by atoms with E-state index in [1.807, 2.05) is 0 Å². The predicted molar refractivity (Wildman–Crippen MR) is 98.5 cm³/mol. The minimum Gasteiger partial charge on any atom is -0.193 e. The van der Waals surface area contributed by atoms with Gasteiger partial charge in [-0.1, -0.05) is 35.8 Å². The second-order valence-electron chi connectivity index (χ2n) is 7.13. The first-order valence-electron chi connectivity index (χ1n) is 9.16. The zero-order valence-corrected chi connectivity index (χ0v) is 16.7. The fourth-order valence-corrected chi connectivity index (χ4v) is 2.92. The first-order chi connectivity index (χ1) is 15.9. The van der Waals surface area contributed by atoms with Crippen LogP contribution in [0.15, 0.2) is 59.7 Å². The summed E-state index contributed by atoms with van der Waals surface area (Å²) in [6.45, 7) is 0. The van der Waals surface area contributed by atoms with Crippen LogP contribution in [0.4, 0.5) is 52.7 Å². The number of benzene rings is 2. The number of hydrogen-bond acceptors (Lipinski definition) is 0. The van der Waals surface area contributed by atoms with Crippen molar-refractivity contribution in [1.82, 2.24) is 0 Å². The van der Waals surface area contributed by atoms with E-state index in [9.17, 15) is 52.7 Å². The summed E-state index contributed by atoms with van der Waals surface area (Å²) in [4.78, 5) is 0. The minimum absolute atomic E-state index is 0.380. The van der Waals surface area contributed by atoms with E-state index < -0.39 is 63.5 Å². The maximum absolute atomic E-state index is 14.3. The van der Waals surface area contributed by atoms with Gasteiger partial charge in [-0.05, 0) is 36.4 Å². The highest BCUT2D eigenvalue weighted by Crippen LogP contribution is 2.58. The molecule has 1 aliphatic rings.